The first-order chi connectivity index (χ1) is 7.29. The van der Waals surface area contributed by atoms with Gasteiger partial charge in [-0.3, -0.25) is 0 Å². The van der Waals surface area contributed by atoms with Crippen LogP contribution in [0.3, 0.4) is 0 Å². The van der Waals surface area contributed by atoms with Crippen LogP contribution in [-0.4, -0.2) is 19.8 Å². The third-order valence-corrected chi connectivity index (χ3v) is 2.11. The van der Waals surface area contributed by atoms with Crippen molar-refractivity contribution >= 4 is 11.4 Å². The average molecular weight is 220 g/mol. The van der Waals surface area contributed by atoms with Crippen LogP contribution in [-0.2, 0) is 0 Å². The molecule has 4 heteroatoms. The van der Waals surface area contributed by atoms with E-state index in [0.717, 1.165) is 16.9 Å². The van der Waals surface area contributed by atoms with Crippen molar-refractivity contribution in [3.05, 3.63) is 23.8 Å². The zero-order valence-corrected chi connectivity index (χ0v) is 10.7. The topological polar surface area (TPSA) is 54.0 Å². The van der Waals surface area contributed by atoms with E-state index in [4.69, 9.17) is 5.73 Å². The Morgan fingerprint density at radius 1 is 1.25 bits per heavy atom. The molecule has 0 bridgehead atoms. The summed E-state index contributed by atoms with van der Waals surface area (Å²) in [5.74, 6) is 0. The Morgan fingerprint density at radius 3 is 2.31 bits per heavy atom. The summed E-state index contributed by atoms with van der Waals surface area (Å²) in [5, 5.41) is 8.21. The molecule has 0 unspecified atom stereocenters. The minimum Gasteiger partial charge on any atom is -0.378 e. The molecule has 2 N–H and O–H groups in total. The quantitative estimate of drug-likeness (QED) is 0.796. The third kappa shape index (κ3) is 3.62. The molecule has 0 fully saturated rings. The molecule has 16 heavy (non-hydrogen) atoms. The first kappa shape index (κ1) is 12.6. The Labute approximate surface area is 97.2 Å². The minimum atomic E-state index is -0.618. The van der Waals surface area contributed by atoms with Gasteiger partial charge in [-0.25, -0.2) is 0 Å². The first-order valence-corrected chi connectivity index (χ1v) is 5.29. The number of rotatable bonds is 3. The molecular weight excluding hydrogens is 200 g/mol. The third-order valence-electron chi connectivity index (χ3n) is 2.11. The molecule has 0 aromatic heterocycles. The van der Waals surface area contributed by atoms with Crippen molar-refractivity contribution in [2.24, 2.45) is 16.0 Å². The number of azo groups is 1. The molecule has 0 saturated carbocycles. The summed E-state index contributed by atoms with van der Waals surface area (Å²) in [6.07, 6.45) is 0. The maximum Gasteiger partial charge on any atom is 0.123 e. The van der Waals surface area contributed by atoms with Gasteiger partial charge in [0, 0.05) is 19.8 Å². The van der Waals surface area contributed by atoms with Crippen LogP contribution >= 0.6 is 0 Å². The van der Waals surface area contributed by atoms with Gasteiger partial charge < -0.3 is 10.6 Å². The zero-order valence-electron chi connectivity index (χ0n) is 10.7. The van der Waals surface area contributed by atoms with Gasteiger partial charge >= 0.3 is 0 Å². The van der Waals surface area contributed by atoms with Crippen LogP contribution in [0.4, 0.5) is 11.4 Å². The molecule has 0 radical (unpaired) electrons. The zero-order chi connectivity index (χ0) is 12.3. The largest absolute Gasteiger partial charge is 0.378 e. The smallest absolute Gasteiger partial charge is 0.123 e. The number of nitrogens with two attached hydrogens (primary N) is 1. The van der Waals surface area contributed by atoms with Crippen LogP contribution in [0.15, 0.2) is 28.4 Å². The molecule has 0 aliphatic carbocycles. The van der Waals surface area contributed by atoms with Crippen LogP contribution in [0.2, 0.25) is 0 Å². The summed E-state index contributed by atoms with van der Waals surface area (Å²) in [6, 6.07) is 6.06. The van der Waals surface area contributed by atoms with Crippen molar-refractivity contribution in [3.8, 4) is 0 Å². The molecular formula is C12H20N4. The van der Waals surface area contributed by atoms with Crippen molar-refractivity contribution < 1.29 is 0 Å². The molecule has 1 aromatic rings. The first-order valence-electron chi connectivity index (χ1n) is 5.29. The Hall–Kier alpha value is -1.42. The molecule has 0 heterocycles. The summed E-state index contributed by atoms with van der Waals surface area (Å²) in [4.78, 5) is 2.06. The number of hydrogen-bond acceptors (Lipinski definition) is 4. The van der Waals surface area contributed by atoms with Gasteiger partial charge in [0.15, 0.2) is 0 Å². The lowest BCUT2D eigenvalue weighted by molar-refractivity contribution is 0.521. The molecule has 0 aliphatic heterocycles. The van der Waals surface area contributed by atoms with Crippen LogP contribution in [0.1, 0.15) is 19.4 Å². The molecule has 1 aromatic carbocycles. The molecule has 0 spiro atoms. The highest BCUT2D eigenvalue weighted by atomic mass is 15.2. The highest BCUT2D eigenvalue weighted by Crippen LogP contribution is 2.24. The van der Waals surface area contributed by atoms with E-state index in [2.05, 4.69) is 21.2 Å². The molecule has 0 saturated heterocycles. The lowest BCUT2D eigenvalue weighted by Crippen LogP contribution is -2.28. The van der Waals surface area contributed by atoms with Crippen molar-refractivity contribution in [2.75, 3.05) is 19.0 Å². The Balaban J connectivity index is 2.96. The summed E-state index contributed by atoms with van der Waals surface area (Å²) in [5.41, 5.74) is 8.24. The molecule has 4 nitrogen and oxygen atoms in total. The van der Waals surface area contributed by atoms with Crippen molar-refractivity contribution in [2.45, 2.75) is 26.4 Å². The SMILES string of the molecule is Cc1cc(N(C)C)ccc1N=NC(C)(C)N. The Morgan fingerprint density at radius 2 is 1.88 bits per heavy atom. The van der Waals surface area contributed by atoms with Crippen LogP contribution in [0.25, 0.3) is 0 Å². The van der Waals surface area contributed by atoms with Gasteiger partial charge in [0.25, 0.3) is 0 Å². The fourth-order valence-electron chi connectivity index (χ4n) is 1.21. The van der Waals surface area contributed by atoms with E-state index in [1.807, 2.05) is 47.0 Å². The van der Waals surface area contributed by atoms with Crippen LogP contribution < -0.4 is 10.6 Å². The van der Waals surface area contributed by atoms with Gasteiger partial charge in [-0.1, -0.05) is 0 Å². The predicted octanol–water partition coefficient (Wildman–Crippen LogP) is 2.84. The molecule has 0 aliphatic rings. The standard InChI is InChI=1S/C12H20N4/c1-9-8-10(16(4)5)6-7-11(9)14-15-12(2,3)13/h6-8H,13H2,1-5H3. The van der Waals surface area contributed by atoms with E-state index in [-0.39, 0.29) is 0 Å². The fourth-order valence-corrected chi connectivity index (χ4v) is 1.21. The monoisotopic (exact) mass is 220 g/mol. The molecule has 1 rings (SSSR count). The van der Waals surface area contributed by atoms with Crippen molar-refractivity contribution in [3.63, 3.8) is 0 Å². The predicted molar refractivity (Wildman–Crippen MR) is 68.3 cm³/mol. The maximum atomic E-state index is 5.74. The van der Waals surface area contributed by atoms with Gasteiger partial charge in [-0.15, -0.1) is 0 Å². The number of anilines is 1. The van der Waals surface area contributed by atoms with Gasteiger partial charge in [0.05, 0.1) is 5.69 Å². The summed E-state index contributed by atoms with van der Waals surface area (Å²) < 4.78 is 0. The number of benzene rings is 1. The van der Waals surface area contributed by atoms with Gasteiger partial charge in [-0.05, 0) is 44.5 Å². The summed E-state index contributed by atoms with van der Waals surface area (Å²) in [6.45, 7) is 5.66. The highest BCUT2D eigenvalue weighted by Gasteiger charge is 2.07. The second-order valence-electron chi connectivity index (χ2n) is 4.72. The van der Waals surface area contributed by atoms with Crippen molar-refractivity contribution in [1.29, 1.82) is 0 Å². The maximum absolute atomic E-state index is 5.74. The van der Waals surface area contributed by atoms with Gasteiger partial charge in [0.1, 0.15) is 5.66 Å². The fraction of sp³-hybridized carbons (Fsp3) is 0.500. The lowest BCUT2D eigenvalue weighted by Gasteiger charge is -2.14. The van der Waals surface area contributed by atoms with E-state index < -0.39 is 5.66 Å². The molecule has 0 amide bonds. The lowest BCUT2D eigenvalue weighted by atomic mass is 10.2. The van der Waals surface area contributed by atoms with Crippen molar-refractivity contribution in [1.82, 2.24) is 0 Å². The van der Waals surface area contributed by atoms with Crippen LogP contribution in [0, 0.1) is 6.92 Å². The van der Waals surface area contributed by atoms with E-state index in [1.54, 1.807) is 0 Å². The minimum absolute atomic E-state index is 0.618. The average Bonchev–Trinajstić information content (AvgIpc) is 2.14. The van der Waals surface area contributed by atoms with Gasteiger partial charge in [0.2, 0.25) is 0 Å². The summed E-state index contributed by atoms with van der Waals surface area (Å²) in [7, 11) is 4.03. The van der Waals surface area contributed by atoms with E-state index in [1.165, 1.54) is 0 Å². The number of hydrogen-bond donors (Lipinski definition) is 1. The van der Waals surface area contributed by atoms with Crippen LogP contribution in [0.5, 0.6) is 0 Å². The molecule has 88 valence electrons. The van der Waals surface area contributed by atoms with E-state index in [0.29, 0.717) is 0 Å². The second kappa shape index (κ2) is 4.61. The molecule has 0 atom stereocenters. The second-order valence-corrected chi connectivity index (χ2v) is 4.72. The summed E-state index contributed by atoms with van der Waals surface area (Å²) >= 11 is 0. The number of nitrogens with zero attached hydrogens (tertiary/aromatic N) is 3. The number of aryl methyl sites for hydroxylation is 1. The van der Waals surface area contributed by atoms with Gasteiger partial charge in [-0.2, -0.15) is 10.2 Å². The Bertz CT molecular complexity index is 388. The Kier molecular flexibility index (Phi) is 3.65. The van der Waals surface area contributed by atoms with E-state index >= 15 is 0 Å². The normalized spacial score (nSPS) is 12.1. The van der Waals surface area contributed by atoms with E-state index in [9.17, 15) is 0 Å². The highest BCUT2D eigenvalue weighted by molar-refractivity contribution is 5.56.